The Kier molecular flexibility index (Phi) is 4.10. The number of nitrogens with zero attached hydrogens (tertiary/aromatic N) is 2. The summed E-state index contributed by atoms with van der Waals surface area (Å²) >= 11 is 0. The Labute approximate surface area is 118 Å². The maximum absolute atomic E-state index is 12.2. The Morgan fingerprint density at radius 1 is 1.45 bits per heavy atom. The van der Waals surface area contributed by atoms with Crippen molar-refractivity contribution in [1.82, 2.24) is 9.29 Å². The molecule has 1 atom stereocenters. The molecule has 1 aromatic rings. The molecule has 6 nitrogen and oxygen atoms in total. The van der Waals surface area contributed by atoms with Crippen LogP contribution in [0.4, 0.5) is 0 Å². The number of sulfonamides is 1. The van der Waals surface area contributed by atoms with Gasteiger partial charge >= 0.3 is 5.97 Å². The molecule has 2 rings (SSSR count). The van der Waals surface area contributed by atoms with Crippen molar-refractivity contribution in [1.29, 1.82) is 0 Å². The molecular formula is C13H18N2O4S. The predicted octanol–water partition coefficient (Wildman–Crippen LogP) is 0.750. The summed E-state index contributed by atoms with van der Waals surface area (Å²) in [5, 5.41) is 9.14. The van der Waals surface area contributed by atoms with E-state index in [0.717, 1.165) is 5.56 Å². The Bertz CT molecular complexity index is 588. The molecule has 1 saturated heterocycles. The van der Waals surface area contributed by atoms with Crippen LogP contribution in [0.5, 0.6) is 0 Å². The summed E-state index contributed by atoms with van der Waals surface area (Å²) in [6.45, 7) is 1.93. The standard InChI is InChI=1S/C13H18N2O4S/c1-13(12(16)17)5-8-15(10-13)20(18,19)9-4-11-2-6-14-7-3-11/h2-3,6-7H,4-5,8-10H2,1H3,(H,16,17). The summed E-state index contributed by atoms with van der Waals surface area (Å²) in [7, 11) is -3.41. The van der Waals surface area contributed by atoms with Gasteiger partial charge in [0.15, 0.2) is 0 Å². The number of hydrogen-bond acceptors (Lipinski definition) is 4. The van der Waals surface area contributed by atoms with Crippen molar-refractivity contribution in [3.8, 4) is 0 Å². The van der Waals surface area contributed by atoms with Crippen LogP contribution in [0.15, 0.2) is 24.5 Å². The van der Waals surface area contributed by atoms with Crippen molar-refractivity contribution in [2.24, 2.45) is 5.41 Å². The zero-order chi connectivity index (χ0) is 14.8. The molecule has 110 valence electrons. The highest BCUT2D eigenvalue weighted by atomic mass is 32.2. The van der Waals surface area contributed by atoms with Gasteiger partial charge in [-0.2, -0.15) is 0 Å². The normalized spacial score (nSPS) is 23.9. The third-order valence-electron chi connectivity index (χ3n) is 3.75. The van der Waals surface area contributed by atoms with E-state index >= 15 is 0 Å². The van der Waals surface area contributed by atoms with Gasteiger partial charge in [0.25, 0.3) is 0 Å². The van der Waals surface area contributed by atoms with Gasteiger partial charge in [-0.25, -0.2) is 12.7 Å². The van der Waals surface area contributed by atoms with E-state index in [4.69, 9.17) is 5.11 Å². The van der Waals surface area contributed by atoms with Gasteiger partial charge in [-0.05, 0) is 37.5 Å². The van der Waals surface area contributed by atoms with Crippen LogP contribution in [-0.4, -0.2) is 47.6 Å². The van der Waals surface area contributed by atoms with E-state index < -0.39 is 21.4 Å². The van der Waals surface area contributed by atoms with Gasteiger partial charge in [0.1, 0.15) is 0 Å². The first kappa shape index (κ1) is 14.9. The molecule has 1 fully saturated rings. The van der Waals surface area contributed by atoms with E-state index in [1.165, 1.54) is 4.31 Å². The van der Waals surface area contributed by atoms with Gasteiger partial charge in [0.2, 0.25) is 10.0 Å². The van der Waals surface area contributed by atoms with Crippen molar-refractivity contribution in [2.75, 3.05) is 18.8 Å². The number of carbonyl (C=O) groups is 1. The van der Waals surface area contributed by atoms with E-state index in [9.17, 15) is 13.2 Å². The number of pyridine rings is 1. The van der Waals surface area contributed by atoms with Crippen molar-refractivity contribution in [3.05, 3.63) is 30.1 Å². The monoisotopic (exact) mass is 298 g/mol. The number of aliphatic carboxylic acids is 1. The van der Waals surface area contributed by atoms with Crippen LogP contribution in [0.2, 0.25) is 0 Å². The van der Waals surface area contributed by atoms with Crippen LogP contribution in [0.25, 0.3) is 0 Å². The smallest absolute Gasteiger partial charge is 0.310 e. The molecule has 0 aromatic carbocycles. The van der Waals surface area contributed by atoms with Crippen LogP contribution in [0, 0.1) is 5.41 Å². The third-order valence-corrected chi connectivity index (χ3v) is 5.56. The highest BCUT2D eigenvalue weighted by molar-refractivity contribution is 7.89. The molecule has 0 aliphatic carbocycles. The molecule has 1 unspecified atom stereocenters. The highest BCUT2D eigenvalue weighted by Crippen LogP contribution is 2.31. The van der Waals surface area contributed by atoms with Gasteiger partial charge in [0, 0.05) is 25.5 Å². The minimum absolute atomic E-state index is 0.00723. The predicted molar refractivity (Wildman–Crippen MR) is 73.7 cm³/mol. The summed E-state index contributed by atoms with van der Waals surface area (Å²) in [5.41, 5.74) is -0.0622. The molecule has 1 aliphatic rings. The number of carboxylic acid groups (broad SMARTS) is 1. The molecule has 0 radical (unpaired) electrons. The van der Waals surface area contributed by atoms with Gasteiger partial charge < -0.3 is 5.11 Å². The van der Waals surface area contributed by atoms with E-state index in [1.807, 2.05) is 0 Å². The van der Waals surface area contributed by atoms with E-state index in [0.29, 0.717) is 12.8 Å². The molecule has 0 saturated carbocycles. The average Bonchev–Trinajstić information content (AvgIpc) is 2.83. The second kappa shape index (κ2) is 5.49. The minimum Gasteiger partial charge on any atom is -0.481 e. The lowest BCUT2D eigenvalue weighted by Crippen LogP contribution is -2.36. The Morgan fingerprint density at radius 3 is 2.65 bits per heavy atom. The number of aryl methyl sites for hydroxylation is 1. The SMILES string of the molecule is CC1(C(=O)O)CCN(S(=O)(=O)CCc2ccncc2)C1. The van der Waals surface area contributed by atoms with Gasteiger partial charge in [-0.3, -0.25) is 9.78 Å². The summed E-state index contributed by atoms with van der Waals surface area (Å²) in [6.07, 6.45) is 4.01. The number of aromatic nitrogens is 1. The second-order valence-electron chi connectivity index (χ2n) is 5.37. The van der Waals surface area contributed by atoms with Crippen molar-refractivity contribution < 1.29 is 18.3 Å². The molecule has 0 bridgehead atoms. The van der Waals surface area contributed by atoms with E-state index in [-0.39, 0.29) is 18.8 Å². The van der Waals surface area contributed by atoms with Crippen molar-refractivity contribution in [3.63, 3.8) is 0 Å². The maximum Gasteiger partial charge on any atom is 0.310 e. The molecule has 0 spiro atoms. The van der Waals surface area contributed by atoms with Gasteiger partial charge in [-0.1, -0.05) is 0 Å². The molecule has 7 heteroatoms. The molecule has 20 heavy (non-hydrogen) atoms. The Balaban J connectivity index is 2.00. The van der Waals surface area contributed by atoms with Crippen molar-refractivity contribution in [2.45, 2.75) is 19.8 Å². The third kappa shape index (κ3) is 3.16. The maximum atomic E-state index is 12.2. The summed E-state index contributed by atoms with van der Waals surface area (Å²) in [4.78, 5) is 15.0. The van der Waals surface area contributed by atoms with Crippen LogP contribution in [-0.2, 0) is 21.2 Å². The molecule has 1 aromatic heterocycles. The van der Waals surface area contributed by atoms with Gasteiger partial charge in [-0.15, -0.1) is 0 Å². The molecule has 1 N–H and O–H groups in total. The summed E-state index contributed by atoms with van der Waals surface area (Å²) in [6, 6.07) is 3.56. The lowest BCUT2D eigenvalue weighted by molar-refractivity contribution is -0.146. The lowest BCUT2D eigenvalue weighted by Gasteiger charge is -2.20. The first-order valence-electron chi connectivity index (χ1n) is 6.44. The first-order chi connectivity index (χ1) is 9.33. The summed E-state index contributed by atoms with van der Waals surface area (Å²) < 4.78 is 25.8. The Morgan fingerprint density at radius 2 is 2.10 bits per heavy atom. The quantitative estimate of drug-likeness (QED) is 0.866. The first-order valence-corrected chi connectivity index (χ1v) is 8.05. The largest absolute Gasteiger partial charge is 0.481 e. The molecule has 0 amide bonds. The number of rotatable bonds is 5. The van der Waals surface area contributed by atoms with E-state index in [2.05, 4.69) is 4.98 Å². The summed E-state index contributed by atoms with van der Waals surface area (Å²) in [5.74, 6) is -0.948. The highest BCUT2D eigenvalue weighted by Gasteiger charge is 2.44. The zero-order valence-electron chi connectivity index (χ0n) is 11.3. The topological polar surface area (TPSA) is 87.6 Å². The lowest BCUT2D eigenvalue weighted by atomic mass is 9.90. The molecule has 1 aliphatic heterocycles. The van der Waals surface area contributed by atoms with Crippen LogP contribution < -0.4 is 0 Å². The molecular weight excluding hydrogens is 280 g/mol. The average molecular weight is 298 g/mol. The van der Waals surface area contributed by atoms with Crippen LogP contribution in [0.3, 0.4) is 0 Å². The zero-order valence-corrected chi connectivity index (χ0v) is 12.1. The van der Waals surface area contributed by atoms with Crippen LogP contribution >= 0.6 is 0 Å². The van der Waals surface area contributed by atoms with Gasteiger partial charge in [0.05, 0.1) is 11.2 Å². The fraction of sp³-hybridized carbons (Fsp3) is 0.538. The minimum atomic E-state index is -3.41. The number of hydrogen-bond donors (Lipinski definition) is 1. The van der Waals surface area contributed by atoms with E-state index in [1.54, 1.807) is 31.5 Å². The fourth-order valence-corrected chi connectivity index (χ4v) is 3.86. The number of carboxylic acids is 1. The Hall–Kier alpha value is -1.47. The fourth-order valence-electron chi connectivity index (χ4n) is 2.26. The second-order valence-corrected chi connectivity index (χ2v) is 7.46. The van der Waals surface area contributed by atoms with Crippen LogP contribution in [0.1, 0.15) is 18.9 Å². The van der Waals surface area contributed by atoms with Crippen molar-refractivity contribution >= 4 is 16.0 Å². The molecule has 2 heterocycles.